The standard InChI is InChI=1S/C21H25F3N2O3/c22-21(23,24)12-29-17-3-1-16(2-4-17)26-18(27)11-25-19(28)20-8-13-5-14(9-20)7-15(6-13)10-20/h1-4,13-15H,5-12H2,(H,25,28)(H,26,27). The fourth-order valence-corrected chi connectivity index (χ4v) is 5.74. The van der Waals surface area contributed by atoms with Crippen LogP contribution in [-0.2, 0) is 9.59 Å². The van der Waals surface area contributed by atoms with Crippen LogP contribution in [0.25, 0.3) is 0 Å². The van der Waals surface area contributed by atoms with E-state index in [0.29, 0.717) is 23.4 Å². The predicted octanol–water partition coefficient (Wildman–Crippen LogP) is 3.90. The summed E-state index contributed by atoms with van der Waals surface area (Å²) in [6.45, 7) is -1.48. The summed E-state index contributed by atoms with van der Waals surface area (Å²) >= 11 is 0. The van der Waals surface area contributed by atoms with E-state index < -0.39 is 12.8 Å². The molecule has 8 heteroatoms. The van der Waals surface area contributed by atoms with Gasteiger partial charge in [-0.15, -0.1) is 0 Å². The predicted molar refractivity (Wildman–Crippen MR) is 100 cm³/mol. The van der Waals surface area contributed by atoms with E-state index in [9.17, 15) is 22.8 Å². The second-order valence-corrected chi connectivity index (χ2v) is 8.86. The van der Waals surface area contributed by atoms with Crippen LogP contribution in [0.15, 0.2) is 24.3 Å². The Morgan fingerprint density at radius 1 is 1.00 bits per heavy atom. The molecule has 0 aromatic heterocycles. The number of rotatable bonds is 6. The number of halogens is 3. The Balaban J connectivity index is 1.25. The molecule has 1 aromatic rings. The lowest BCUT2D eigenvalue weighted by Gasteiger charge is -2.55. The van der Waals surface area contributed by atoms with E-state index in [1.54, 1.807) is 0 Å². The van der Waals surface area contributed by atoms with Gasteiger partial charge in [-0.05, 0) is 80.5 Å². The maximum absolute atomic E-state index is 12.9. The summed E-state index contributed by atoms with van der Waals surface area (Å²) in [5.41, 5.74) is 0.130. The van der Waals surface area contributed by atoms with Crippen LogP contribution in [-0.4, -0.2) is 31.1 Å². The highest BCUT2D eigenvalue weighted by Crippen LogP contribution is 2.60. The van der Waals surface area contributed by atoms with Crippen molar-refractivity contribution in [2.75, 3.05) is 18.5 Å². The molecule has 0 saturated heterocycles. The van der Waals surface area contributed by atoms with Gasteiger partial charge in [0.25, 0.3) is 0 Å². The van der Waals surface area contributed by atoms with Crippen molar-refractivity contribution in [3.63, 3.8) is 0 Å². The molecule has 0 spiro atoms. The number of amides is 2. The first-order valence-electron chi connectivity index (χ1n) is 10.1. The van der Waals surface area contributed by atoms with Gasteiger partial charge in [0.2, 0.25) is 11.8 Å². The van der Waals surface area contributed by atoms with Gasteiger partial charge in [0.05, 0.1) is 6.54 Å². The molecule has 0 radical (unpaired) electrons. The van der Waals surface area contributed by atoms with E-state index in [4.69, 9.17) is 0 Å². The second kappa shape index (κ2) is 7.54. The highest BCUT2D eigenvalue weighted by Gasteiger charge is 2.54. The summed E-state index contributed by atoms with van der Waals surface area (Å²) in [4.78, 5) is 25.0. The Morgan fingerprint density at radius 3 is 2.07 bits per heavy atom. The molecule has 5 nitrogen and oxygen atoms in total. The Bertz CT molecular complexity index is 741. The first kappa shape index (κ1) is 20.0. The molecule has 0 aliphatic heterocycles. The molecule has 4 bridgehead atoms. The summed E-state index contributed by atoms with van der Waals surface area (Å²) < 4.78 is 41.1. The average molecular weight is 410 g/mol. The van der Waals surface area contributed by atoms with Gasteiger partial charge in [0.1, 0.15) is 5.75 Å². The number of carbonyl (C=O) groups is 2. The summed E-state index contributed by atoms with van der Waals surface area (Å²) in [7, 11) is 0. The summed E-state index contributed by atoms with van der Waals surface area (Å²) in [5, 5.41) is 5.45. The van der Waals surface area contributed by atoms with Crippen molar-refractivity contribution >= 4 is 17.5 Å². The van der Waals surface area contributed by atoms with E-state index >= 15 is 0 Å². The molecule has 5 rings (SSSR count). The van der Waals surface area contributed by atoms with Gasteiger partial charge in [0.15, 0.2) is 6.61 Å². The van der Waals surface area contributed by atoms with E-state index in [-0.39, 0.29) is 29.5 Å². The molecule has 4 aliphatic rings. The molecule has 0 unspecified atom stereocenters. The largest absolute Gasteiger partial charge is 0.484 e. The number of anilines is 1. The maximum atomic E-state index is 12.9. The van der Waals surface area contributed by atoms with Crippen LogP contribution in [0.1, 0.15) is 38.5 Å². The Hall–Kier alpha value is -2.25. The molecule has 4 fully saturated rings. The van der Waals surface area contributed by atoms with Crippen molar-refractivity contribution in [1.82, 2.24) is 5.32 Å². The van der Waals surface area contributed by atoms with Gasteiger partial charge >= 0.3 is 6.18 Å². The van der Waals surface area contributed by atoms with Crippen LogP contribution < -0.4 is 15.4 Å². The number of nitrogens with one attached hydrogen (secondary N) is 2. The number of hydrogen-bond acceptors (Lipinski definition) is 3. The number of hydrogen-bond donors (Lipinski definition) is 2. The quantitative estimate of drug-likeness (QED) is 0.748. The van der Waals surface area contributed by atoms with Crippen molar-refractivity contribution in [3.05, 3.63) is 24.3 Å². The molecule has 4 saturated carbocycles. The monoisotopic (exact) mass is 410 g/mol. The highest BCUT2D eigenvalue weighted by atomic mass is 19.4. The third-order valence-electron chi connectivity index (χ3n) is 6.47. The molecule has 158 valence electrons. The molecule has 0 atom stereocenters. The van der Waals surface area contributed by atoms with Gasteiger partial charge in [-0.3, -0.25) is 9.59 Å². The SMILES string of the molecule is O=C(CNC(=O)C12CC3CC(CC(C3)C1)C2)Nc1ccc(OCC(F)(F)F)cc1. The lowest BCUT2D eigenvalue weighted by Crippen LogP contribution is -2.54. The van der Waals surface area contributed by atoms with Crippen LogP contribution in [0.2, 0.25) is 0 Å². The minimum absolute atomic E-state index is 0.0114. The third-order valence-corrected chi connectivity index (χ3v) is 6.47. The zero-order chi connectivity index (χ0) is 20.6. The fraction of sp³-hybridized carbons (Fsp3) is 0.619. The molecule has 2 N–H and O–H groups in total. The van der Waals surface area contributed by atoms with Crippen molar-refractivity contribution in [3.8, 4) is 5.75 Å². The summed E-state index contributed by atoms with van der Waals surface area (Å²) in [5.74, 6) is 1.64. The van der Waals surface area contributed by atoms with Crippen LogP contribution in [0.3, 0.4) is 0 Å². The van der Waals surface area contributed by atoms with Gasteiger partial charge in [-0.1, -0.05) is 0 Å². The van der Waals surface area contributed by atoms with Crippen LogP contribution >= 0.6 is 0 Å². The molecule has 2 amide bonds. The molecule has 4 aliphatic carbocycles. The van der Waals surface area contributed by atoms with Crippen LogP contribution in [0.4, 0.5) is 18.9 Å². The van der Waals surface area contributed by atoms with Gasteiger partial charge in [-0.2, -0.15) is 13.2 Å². The first-order chi connectivity index (χ1) is 13.7. The lowest BCUT2D eigenvalue weighted by molar-refractivity contribution is -0.153. The highest BCUT2D eigenvalue weighted by molar-refractivity contribution is 5.95. The molecular weight excluding hydrogens is 385 g/mol. The van der Waals surface area contributed by atoms with Crippen molar-refractivity contribution in [2.45, 2.75) is 44.7 Å². The third kappa shape index (κ3) is 4.67. The number of carbonyl (C=O) groups excluding carboxylic acids is 2. The van der Waals surface area contributed by atoms with Gasteiger partial charge in [-0.25, -0.2) is 0 Å². The minimum Gasteiger partial charge on any atom is -0.484 e. The van der Waals surface area contributed by atoms with Crippen LogP contribution in [0.5, 0.6) is 5.75 Å². The van der Waals surface area contributed by atoms with Gasteiger partial charge < -0.3 is 15.4 Å². The number of ether oxygens (including phenoxy) is 1. The lowest BCUT2D eigenvalue weighted by atomic mass is 9.49. The van der Waals surface area contributed by atoms with E-state index in [2.05, 4.69) is 15.4 Å². The average Bonchev–Trinajstić information content (AvgIpc) is 2.64. The van der Waals surface area contributed by atoms with Gasteiger partial charge in [0, 0.05) is 11.1 Å². The topological polar surface area (TPSA) is 67.4 Å². The number of benzene rings is 1. The summed E-state index contributed by atoms with van der Waals surface area (Å²) in [6.07, 6.45) is 2.15. The zero-order valence-corrected chi connectivity index (χ0v) is 16.1. The molecule has 0 heterocycles. The van der Waals surface area contributed by atoms with E-state index in [1.807, 2.05) is 0 Å². The minimum atomic E-state index is -4.40. The van der Waals surface area contributed by atoms with Crippen molar-refractivity contribution < 1.29 is 27.5 Å². The van der Waals surface area contributed by atoms with Crippen LogP contribution in [0, 0.1) is 23.2 Å². The Labute approximate surface area is 167 Å². The van der Waals surface area contributed by atoms with E-state index in [1.165, 1.54) is 43.5 Å². The molecule has 1 aromatic carbocycles. The zero-order valence-electron chi connectivity index (χ0n) is 16.1. The molecule has 29 heavy (non-hydrogen) atoms. The second-order valence-electron chi connectivity index (χ2n) is 8.86. The maximum Gasteiger partial charge on any atom is 0.422 e. The Morgan fingerprint density at radius 2 is 1.55 bits per heavy atom. The molecular formula is C21H25F3N2O3. The fourth-order valence-electron chi connectivity index (χ4n) is 5.74. The summed E-state index contributed by atoms with van der Waals surface area (Å²) in [6, 6.07) is 5.64. The first-order valence-corrected chi connectivity index (χ1v) is 10.1. The van der Waals surface area contributed by atoms with Crippen molar-refractivity contribution in [2.24, 2.45) is 23.2 Å². The Kier molecular flexibility index (Phi) is 5.21. The van der Waals surface area contributed by atoms with E-state index in [0.717, 1.165) is 19.3 Å². The number of alkyl halides is 3. The normalized spacial score (nSPS) is 30.1. The smallest absolute Gasteiger partial charge is 0.422 e. The van der Waals surface area contributed by atoms with Crippen molar-refractivity contribution in [1.29, 1.82) is 0 Å².